The van der Waals surface area contributed by atoms with E-state index in [4.69, 9.17) is 0 Å². The lowest BCUT2D eigenvalue weighted by atomic mass is 9.97. The predicted octanol–water partition coefficient (Wildman–Crippen LogP) is 4.97. The minimum Gasteiger partial charge on any atom is -0.298 e. The highest BCUT2D eigenvalue weighted by Crippen LogP contribution is 2.27. The lowest BCUT2D eigenvalue weighted by molar-refractivity contribution is 0.112. The molecule has 3 aromatic rings. The second-order valence-electron chi connectivity index (χ2n) is 4.79. The zero-order valence-electron chi connectivity index (χ0n) is 11.3. The smallest absolute Gasteiger partial charge is 0.150 e. The zero-order valence-corrected chi connectivity index (χ0v) is 11.3. The van der Waals surface area contributed by atoms with E-state index < -0.39 is 0 Å². The van der Waals surface area contributed by atoms with E-state index in [0.29, 0.717) is 11.1 Å². The summed E-state index contributed by atoms with van der Waals surface area (Å²) in [6.45, 7) is 0. The number of benzene rings is 3. The van der Waals surface area contributed by atoms with E-state index in [9.17, 15) is 9.18 Å². The van der Waals surface area contributed by atoms with Crippen LogP contribution in [0.2, 0.25) is 0 Å². The van der Waals surface area contributed by atoms with Gasteiger partial charge in [-0.25, -0.2) is 4.39 Å². The highest BCUT2D eigenvalue weighted by atomic mass is 19.1. The van der Waals surface area contributed by atoms with E-state index >= 15 is 0 Å². The number of rotatable bonds is 3. The van der Waals surface area contributed by atoms with E-state index in [1.807, 2.05) is 54.6 Å². The van der Waals surface area contributed by atoms with Gasteiger partial charge in [0.25, 0.3) is 0 Å². The lowest BCUT2D eigenvalue weighted by Crippen LogP contribution is -1.89. The molecule has 0 atom stereocenters. The first-order valence-electron chi connectivity index (χ1n) is 6.68. The van der Waals surface area contributed by atoms with Crippen molar-refractivity contribution in [3.63, 3.8) is 0 Å². The van der Waals surface area contributed by atoms with Gasteiger partial charge in [-0.2, -0.15) is 0 Å². The van der Waals surface area contributed by atoms with Crippen molar-refractivity contribution in [3.05, 3.63) is 84.2 Å². The van der Waals surface area contributed by atoms with Gasteiger partial charge < -0.3 is 0 Å². The summed E-state index contributed by atoms with van der Waals surface area (Å²) in [5.74, 6) is -0.345. The Kier molecular flexibility index (Phi) is 3.61. The summed E-state index contributed by atoms with van der Waals surface area (Å²) in [4.78, 5) is 11.1. The maximum absolute atomic E-state index is 13.4. The van der Waals surface area contributed by atoms with Gasteiger partial charge in [0.15, 0.2) is 6.29 Å². The summed E-state index contributed by atoms with van der Waals surface area (Å²) < 4.78 is 13.4. The van der Waals surface area contributed by atoms with E-state index in [0.717, 1.165) is 23.0 Å². The Labute approximate surface area is 122 Å². The van der Waals surface area contributed by atoms with Gasteiger partial charge >= 0.3 is 0 Å². The second kappa shape index (κ2) is 5.71. The molecule has 0 radical (unpaired) electrons. The molecule has 0 N–H and O–H groups in total. The van der Waals surface area contributed by atoms with Gasteiger partial charge in [0.1, 0.15) is 5.82 Å². The first-order valence-corrected chi connectivity index (χ1v) is 6.68. The van der Waals surface area contributed by atoms with Gasteiger partial charge in [-0.1, -0.05) is 54.6 Å². The zero-order chi connectivity index (χ0) is 14.7. The van der Waals surface area contributed by atoms with Crippen LogP contribution in [0.1, 0.15) is 10.4 Å². The third-order valence-electron chi connectivity index (χ3n) is 3.45. The van der Waals surface area contributed by atoms with Crippen molar-refractivity contribution >= 4 is 6.29 Å². The highest BCUT2D eigenvalue weighted by molar-refractivity contribution is 5.88. The van der Waals surface area contributed by atoms with Crippen molar-refractivity contribution < 1.29 is 9.18 Å². The standard InChI is InChI=1S/C19H13FO/c20-18-11-10-17(13-21)19(12-18)16-8-6-15(7-9-16)14-4-2-1-3-5-14/h1-13H. The fourth-order valence-corrected chi connectivity index (χ4v) is 2.35. The molecule has 3 aromatic carbocycles. The van der Waals surface area contributed by atoms with Crippen molar-refractivity contribution in [3.8, 4) is 22.3 Å². The van der Waals surface area contributed by atoms with Crippen LogP contribution in [-0.4, -0.2) is 6.29 Å². The summed E-state index contributed by atoms with van der Waals surface area (Å²) in [5.41, 5.74) is 4.15. The Balaban J connectivity index is 2.02. The molecule has 0 bridgehead atoms. The van der Waals surface area contributed by atoms with Crippen LogP contribution < -0.4 is 0 Å². The molecule has 0 aliphatic heterocycles. The van der Waals surface area contributed by atoms with Gasteiger partial charge in [-0.3, -0.25) is 4.79 Å². The molecule has 0 spiro atoms. The Bertz CT molecular complexity index is 761. The van der Waals surface area contributed by atoms with Crippen LogP contribution in [0.25, 0.3) is 22.3 Å². The first kappa shape index (κ1) is 13.3. The molecule has 0 unspecified atom stereocenters. The van der Waals surface area contributed by atoms with Crippen LogP contribution in [0.3, 0.4) is 0 Å². The molecule has 0 saturated carbocycles. The van der Waals surface area contributed by atoms with Gasteiger partial charge in [0.05, 0.1) is 0 Å². The molecule has 21 heavy (non-hydrogen) atoms. The van der Waals surface area contributed by atoms with Crippen LogP contribution in [0.4, 0.5) is 4.39 Å². The van der Waals surface area contributed by atoms with E-state index in [2.05, 4.69) is 0 Å². The van der Waals surface area contributed by atoms with Gasteiger partial charge in [0, 0.05) is 5.56 Å². The Morgan fingerprint density at radius 2 is 1.33 bits per heavy atom. The number of carbonyl (C=O) groups is 1. The van der Waals surface area contributed by atoms with Crippen LogP contribution >= 0.6 is 0 Å². The average molecular weight is 276 g/mol. The average Bonchev–Trinajstić information content (AvgIpc) is 2.56. The number of aldehydes is 1. The predicted molar refractivity (Wildman–Crippen MR) is 82.7 cm³/mol. The second-order valence-corrected chi connectivity index (χ2v) is 4.79. The van der Waals surface area contributed by atoms with Crippen LogP contribution in [0.5, 0.6) is 0 Å². The minimum atomic E-state index is -0.345. The lowest BCUT2D eigenvalue weighted by Gasteiger charge is -2.07. The Morgan fingerprint density at radius 1 is 0.714 bits per heavy atom. The third-order valence-corrected chi connectivity index (χ3v) is 3.45. The molecule has 0 amide bonds. The van der Waals surface area contributed by atoms with Crippen LogP contribution in [0.15, 0.2) is 72.8 Å². The van der Waals surface area contributed by atoms with Crippen LogP contribution in [0, 0.1) is 5.82 Å². The van der Waals surface area contributed by atoms with E-state index in [1.54, 1.807) is 0 Å². The van der Waals surface area contributed by atoms with E-state index in [-0.39, 0.29) is 5.82 Å². The van der Waals surface area contributed by atoms with Crippen molar-refractivity contribution in [2.75, 3.05) is 0 Å². The number of hydrogen-bond donors (Lipinski definition) is 0. The first-order chi connectivity index (χ1) is 10.3. The quantitative estimate of drug-likeness (QED) is 0.617. The van der Waals surface area contributed by atoms with Crippen molar-refractivity contribution in [1.29, 1.82) is 0 Å². The molecule has 102 valence electrons. The molecule has 0 aromatic heterocycles. The molecular formula is C19H13FO. The maximum atomic E-state index is 13.4. The molecule has 0 aliphatic rings. The SMILES string of the molecule is O=Cc1ccc(F)cc1-c1ccc(-c2ccccc2)cc1. The fourth-order valence-electron chi connectivity index (χ4n) is 2.35. The third kappa shape index (κ3) is 2.75. The van der Waals surface area contributed by atoms with Gasteiger partial charge in [0.2, 0.25) is 0 Å². The normalized spacial score (nSPS) is 10.3. The summed E-state index contributed by atoms with van der Waals surface area (Å²) >= 11 is 0. The monoisotopic (exact) mass is 276 g/mol. The fraction of sp³-hybridized carbons (Fsp3) is 0. The highest BCUT2D eigenvalue weighted by Gasteiger charge is 2.06. The van der Waals surface area contributed by atoms with E-state index in [1.165, 1.54) is 18.2 Å². The van der Waals surface area contributed by atoms with Crippen molar-refractivity contribution in [2.45, 2.75) is 0 Å². The summed E-state index contributed by atoms with van der Waals surface area (Å²) in [6.07, 6.45) is 0.750. The van der Waals surface area contributed by atoms with Crippen LogP contribution in [-0.2, 0) is 0 Å². The molecule has 1 nitrogen and oxygen atoms in total. The maximum Gasteiger partial charge on any atom is 0.150 e. The molecule has 0 aliphatic carbocycles. The number of carbonyl (C=O) groups excluding carboxylic acids is 1. The largest absolute Gasteiger partial charge is 0.298 e. The van der Waals surface area contributed by atoms with Gasteiger partial charge in [-0.15, -0.1) is 0 Å². The summed E-state index contributed by atoms with van der Waals surface area (Å²) in [5, 5.41) is 0. The van der Waals surface area contributed by atoms with Gasteiger partial charge in [-0.05, 0) is 40.5 Å². The van der Waals surface area contributed by atoms with Crippen molar-refractivity contribution in [2.24, 2.45) is 0 Å². The summed E-state index contributed by atoms with van der Waals surface area (Å²) in [6, 6.07) is 22.0. The minimum absolute atomic E-state index is 0.345. The molecular weight excluding hydrogens is 263 g/mol. The van der Waals surface area contributed by atoms with Crippen molar-refractivity contribution in [1.82, 2.24) is 0 Å². The number of hydrogen-bond acceptors (Lipinski definition) is 1. The Hall–Kier alpha value is -2.74. The molecule has 0 fully saturated rings. The topological polar surface area (TPSA) is 17.1 Å². The summed E-state index contributed by atoms with van der Waals surface area (Å²) in [7, 11) is 0. The molecule has 3 rings (SSSR count). The number of halogens is 1. The molecule has 0 heterocycles. The molecule has 2 heteroatoms. The Morgan fingerprint density at radius 3 is 2.00 bits per heavy atom. The molecule has 0 saturated heterocycles.